The van der Waals surface area contributed by atoms with E-state index in [1.165, 1.54) is 19.3 Å². The quantitative estimate of drug-likeness (QED) is 0.867. The second kappa shape index (κ2) is 6.69. The highest BCUT2D eigenvalue weighted by atomic mass is 15.3. The van der Waals surface area contributed by atoms with Gasteiger partial charge in [0.2, 0.25) is 5.95 Å². The molecule has 0 radical (unpaired) electrons. The molecule has 0 aromatic carbocycles. The lowest BCUT2D eigenvalue weighted by molar-refractivity contribution is 0.397. The van der Waals surface area contributed by atoms with E-state index in [9.17, 15) is 0 Å². The van der Waals surface area contributed by atoms with Gasteiger partial charge in [-0.2, -0.15) is 0 Å². The van der Waals surface area contributed by atoms with E-state index in [0.717, 1.165) is 37.7 Å². The largest absolute Gasteiger partial charge is 0.339 e. The molecule has 0 amide bonds. The Balaban J connectivity index is 2.02. The number of hydrogen-bond acceptors (Lipinski definition) is 4. The van der Waals surface area contributed by atoms with E-state index in [-0.39, 0.29) is 0 Å². The molecule has 0 spiro atoms. The van der Waals surface area contributed by atoms with Gasteiger partial charge in [0.1, 0.15) is 0 Å². The average molecular weight is 248 g/mol. The van der Waals surface area contributed by atoms with Crippen LogP contribution in [0.25, 0.3) is 0 Å². The van der Waals surface area contributed by atoms with Crippen molar-refractivity contribution in [2.75, 3.05) is 24.5 Å². The topological polar surface area (TPSA) is 41.0 Å². The lowest BCUT2D eigenvalue weighted by atomic mass is 10.0. The molecule has 4 heteroatoms. The van der Waals surface area contributed by atoms with Crippen LogP contribution < -0.4 is 10.2 Å². The van der Waals surface area contributed by atoms with Crippen LogP contribution in [-0.2, 0) is 0 Å². The maximum absolute atomic E-state index is 4.54. The second-order valence-electron chi connectivity index (χ2n) is 5.09. The summed E-state index contributed by atoms with van der Waals surface area (Å²) in [5, 5.41) is 3.60. The SMILES string of the molecule is CCCN(CC1CCCCN1)c1nccc(C)n1. The van der Waals surface area contributed by atoms with Gasteiger partial charge in [-0.3, -0.25) is 0 Å². The number of nitrogens with zero attached hydrogens (tertiary/aromatic N) is 3. The highest BCUT2D eigenvalue weighted by Crippen LogP contribution is 2.13. The fraction of sp³-hybridized carbons (Fsp3) is 0.714. The first-order valence-electron chi connectivity index (χ1n) is 7.07. The Morgan fingerprint density at radius 2 is 2.33 bits per heavy atom. The van der Waals surface area contributed by atoms with Crippen LogP contribution >= 0.6 is 0 Å². The van der Waals surface area contributed by atoms with Crippen molar-refractivity contribution in [1.29, 1.82) is 0 Å². The summed E-state index contributed by atoms with van der Waals surface area (Å²) < 4.78 is 0. The van der Waals surface area contributed by atoms with Gasteiger partial charge in [0.05, 0.1) is 0 Å². The summed E-state index contributed by atoms with van der Waals surface area (Å²) in [5.41, 5.74) is 1.04. The monoisotopic (exact) mass is 248 g/mol. The number of aromatic nitrogens is 2. The fourth-order valence-corrected chi connectivity index (χ4v) is 2.48. The molecular weight excluding hydrogens is 224 g/mol. The van der Waals surface area contributed by atoms with Gasteiger partial charge >= 0.3 is 0 Å². The van der Waals surface area contributed by atoms with Crippen LogP contribution in [0.1, 0.15) is 38.3 Å². The molecule has 1 fully saturated rings. The third kappa shape index (κ3) is 3.67. The van der Waals surface area contributed by atoms with Crippen molar-refractivity contribution in [2.24, 2.45) is 0 Å². The normalized spacial score (nSPS) is 19.8. The molecule has 1 aliphatic rings. The molecule has 1 atom stereocenters. The zero-order chi connectivity index (χ0) is 12.8. The zero-order valence-corrected chi connectivity index (χ0v) is 11.5. The maximum Gasteiger partial charge on any atom is 0.225 e. The summed E-state index contributed by atoms with van der Waals surface area (Å²) in [4.78, 5) is 11.3. The van der Waals surface area contributed by atoms with E-state index in [1.54, 1.807) is 0 Å². The molecule has 100 valence electrons. The van der Waals surface area contributed by atoms with E-state index in [0.29, 0.717) is 6.04 Å². The molecule has 18 heavy (non-hydrogen) atoms. The Hall–Kier alpha value is -1.16. The van der Waals surface area contributed by atoms with Crippen LogP contribution in [0.3, 0.4) is 0 Å². The molecule has 1 unspecified atom stereocenters. The van der Waals surface area contributed by atoms with Crippen molar-refractivity contribution in [3.63, 3.8) is 0 Å². The van der Waals surface area contributed by atoms with Crippen LogP contribution in [0, 0.1) is 6.92 Å². The molecular formula is C14H24N4. The maximum atomic E-state index is 4.54. The van der Waals surface area contributed by atoms with E-state index < -0.39 is 0 Å². The minimum Gasteiger partial charge on any atom is -0.339 e. The molecule has 1 aromatic heterocycles. The van der Waals surface area contributed by atoms with Crippen molar-refractivity contribution in [3.05, 3.63) is 18.0 Å². The van der Waals surface area contributed by atoms with Crippen molar-refractivity contribution >= 4 is 5.95 Å². The molecule has 1 N–H and O–H groups in total. The smallest absolute Gasteiger partial charge is 0.225 e. The summed E-state index contributed by atoms with van der Waals surface area (Å²) in [7, 11) is 0. The van der Waals surface area contributed by atoms with Crippen LogP contribution in [0.4, 0.5) is 5.95 Å². The Morgan fingerprint density at radius 3 is 3.00 bits per heavy atom. The third-order valence-corrected chi connectivity index (χ3v) is 3.41. The van der Waals surface area contributed by atoms with Gasteiger partial charge in [0.25, 0.3) is 0 Å². The van der Waals surface area contributed by atoms with Crippen LogP contribution in [0.2, 0.25) is 0 Å². The summed E-state index contributed by atoms with van der Waals surface area (Å²) in [6.45, 7) is 7.43. The summed E-state index contributed by atoms with van der Waals surface area (Å²) >= 11 is 0. The molecule has 0 aliphatic carbocycles. The minimum atomic E-state index is 0.592. The molecule has 1 aromatic rings. The molecule has 1 aliphatic heterocycles. The Morgan fingerprint density at radius 1 is 1.44 bits per heavy atom. The van der Waals surface area contributed by atoms with Gasteiger partial charge in [-0.25, -0.2) is 9.97 Å². The predicted octanol–water partition coefficient (Wildman–Crippen LogP) is 2.14. The van der Waals surface area contributed by atoms with Crippen molar-refractivity contribution in [3.8, 4) is 0 Å². The number of rotatable bonds is 5. The average Bonchev–Trinajstić information content (AvgIpc) is 2.39. The number of nitrogens with one attached hydrogen (secondary N) is 1. The lowest BCUT2D eigenvalue weighted by Gasteiger charge is -2.30. The molecule has 1 saturated heterocycles. The Kier molecular flexibility index (Phi) is 4.93. The lowest BCUT2D eigenvalue weighted by Crippen LogP contribution is -2.44. The van der Waals surface area contributed by atoms with E-state index >= 15 is 0 Å². The third-order valence-electron chi connectivity index (χ3n) is 3.41. The molecule has 0 bridgehead atoms. The van der Waals surface area contributed by atoms with Gasteiger partial charge in [-0.1, -0.05) is 13.3 Å². The number of hydrogen-bond donors (Lipinski definition) is 1. The minimum absolute atomic E-state index is 0.592. The van der Waals surface area contributed by atoms with Crippen molar-refractivity contribution < 1.29 is 0 Å². The first kappa shape index (κ1) is 13.3. The molecule has 0 saturated carbocycles. The van der Waals surface area contributed by atoms with E-state index in [1.807, 2.05) is 19.2 Å². The standard InChI is InChI=1S/C14H24N4/c1-3-10-18(11-13-6-4-5-8-15-13)14-16-9-7-12(2)17-14/h7,9,13,15H,3-6,8,10-11H2,1-2H3. The van der Waals surface area contributed by atoms with E-state index in [4.69, 9.17) is 0 Å². The van der Waals surface area contributed by atoms with Gasteiger partial charge in [0.15, 0.2) is 0 Å². The van der Waals surface area contributed by atoms with Gasteiger partial charge < -0.3 is 10.2 Å². The zero-order valence-electron chi connectivity index (χ0n) is 11.5. The fourth-order valence-electron chi connectivity index (χ4n) is 2.48. The number of piperidine rings is 1. The highest BCUT2D eigenvalue weighted by Gasteiger charge is 2.17. The number of aryl methyl sites for hydroxylation is 1. The van der Waals surface area contributed by atoms with Crippen LogP contribution in [0.15, 0.2) is 12.3 Å². The first-order chi connectivity index (χ1) is 8.79. The van der Waals surface area contributed by atoms with Crippen molar-refractivity contribution in [2.45, 2.75) is 45.6 Å². The van der Waals surface area contributed by atoms with Crippen LogP contribution in [0.5, 0.6) is 0 Å². The highest BCUT2D eigenvalue weighted by molar-refractivity contribution is 5.30. The summed E-state index contributed by atoms with van der Waals surface area (Å²) in [5.74, 6) is 0.879. The molecule has 4 nitrogen and oxygen atoms in total. The molecule has 2 rings (SSSR count). The van der Waals surface area contributed by atoms with Gasteiger partial charge in [0, 0.05) is 31.0 Å². The van der Waals surface area contributed by atoms with Crippen molar-refractivity contribution in [1.82, 2.24) is 15.3 Å². The van der Waals surface area contributed by atoms with Crippen LogP contribution in [-0.4, -0.2) is 35.6 Å². The van der Waals surface area contributed by atoms with E-state index in [2.05, 4.69) is 27.1 Å². The first-order valence-corrected chi connectivity index (χ1v) is 7.07. The van der Waals surface area contributed by atoms with Gasteiger partial charge in [-0.15, -0.1) is 0 Å². The van der Waals surface area contributed by atoms with Gasteiger partial charge in [-0.05, 0) is 38.8 Å². The molecule has 2 heterocycles. The summed E-state index contributed by atoms with van der Waals surface area (Å²) in [6, 6.07) is 2.54. The Bertz CT molecular complexity index is 361. The summed E-state index contributed by atoms with van der Waals surface area (Å²) in [6.07, 6.45) is 6.90. The predicted molar refractivity (Wildman–Crippen MR) is 74.9 cm³/mol. The Labute approximate surface area is 110 Å². The number of anilines is 1. The second-order valence-corrected chi connectivity index (χ2v) is 5.09.